The van der Waals surface area contributed by atoms with Crippen LogP contribution < -0.4 is 4.74 Å². The first-order valence-electron chi connectivity index (χ1n) is 5.40. The number of aromatic carboxylic acids is 1. The maximum absolute atomic E-state index is 11.3. The number of ether oxygens (including phenoxy) is 1. The quantitative estimate of drug-likeness (QED) is 0.721. The van der Waals surface area contributed by atoms with E-state index in [-0.39, 0.29) is 5.69 Å². The second-order valence-electron chi connectivity index (χ2n) is 4.03. The van der Waals surface area contributed by atoms with Crippen molar-refractivity contribution >= 4 is 22.8 Å². The minimum atomic E-state index is -0.978. The maximum Gasteiger partial charge on any atom is 0.354 e. The average Bonchev–Trinajstić information content (AvgIpc) is 2.81. The van der Waals surface area contributed by atoms with Crippen molar-refractivity contribution in [2.24, 2.45) is 0 Å². The molecule has 0 amide bonds. The Kier molecular flexibility index (Phi) is 2.07. The molecule has 2 aromatic heterocycles. The van der Waals surface area contributed by atoms with Crippen molar-refractivity contribution in [1.29, 1.82) is 0 Å². The molecule has 18 heavy (non-hydrogen) atoms. The van der Waals surface area contributed by atoms with Crippen molar-refractivity contribution in [3.63, 3.8) is 0 Å². The summed E-state index contributed by atoms with van der Waals surface area (Å²) in [6.45, 7) is 1.72. The number of carboxylic acid groups (broad SMARTS) is 1. The summed E-state index contributed by atoms with van der Waals surface area (Å²) in [5.74, 6) is 0.235. The SMILES string of the molecule is COc1ccc2c(c1)nc1[nH]c(C)c(C(=O)O)n12. The zero-order valence-corrected chi connectivity index (χ0v) is 9.89. The van der Waals surface area contributed by atoms with Crippen molar-refractivity contribution < 1.29 is 14.6 Å². The van der Waals surface area contributed by atoms with Crippen molar-refractivity contribution in [3.05, 3.63) is 29.6 Å². The van der Waals surface area contributed by atoms with E-state index in [9.17, 15) is 9.90 Å². The third-order valence-corrected chi connectivity index (χ3v) is 2.94. The van der Waals surface area contributed by atoms with Gasteiger partial charge in [0.15, 0.2) is 5.69 Å². The number of aryl methyl sites for hydroxylation is 1. The number of aromatic nitrogens is 3. The molecule has 0 fully saturated rings. The highest BCUT2D eigenvalue weighted by molar-refractivity contribution is 5.92. The molecule has 0 spiro atoms. The van der Waals surface area contributed by atoms with E-state index in [1.54, 1.807) is 36.6 Å². The first-order valence-corrected chi connectivity index (χ1v) is 5.40. The number of H-pyrrole nitrogens is 1. The topological polar surface area (TPSA) is 79.6 Å². The predicted molar refractivity (Wildman–Crippen MR) is 65.3 cm³/mol. The summed E-state index contributed by atoms with van der Waals surface area (Å²) < 4.78 is 6.72. The lowest BCUT2D eigenvalue weighted by Crippen LogP contribution is -2.02. The van der Waals surface area contributed by atoms with Gasteiger partial charge in [0.1, 0.15) is 5.75 Å². The molecule has 0 saturated heterocycles. The summed E-state index contributed by atoms with van der Waals surface area (Å²) in [6, 6.07) is 5.36. The van der Waals surface area contributed by atoms with Crippen LogP contribution in [0.2, 0.25) is 0 Å². The highest BCUT2D eigenvalue weighted by Crippen LogP contribution is 2.24. The number of hydrogen-bond donors (Lipinski definition) is 2. The Labute approximate surface area is 102 Å². The number of methoxy groups -OCH3 is 1. The number of nitrogens with zero attached hydrogens (tertiary/aromatic N) is 2. The molecule has 0 atom stereocenters. The van der Waals surface area contributed by atoms with Gasteiger partial charge in [-0.05, 0) is 19.1 Å². The van der Waals surface area contributed by atoms with Crippen LogP contribution in [0.1, 0.15) is 16.2 Å². The zero-order valence-electron chi connectivity index (χ0n) is 9.89. The van der Waals surface area contributed by atoms with Gasteiger partial charge in [-0.2, -0.15) is 0 Å². The second kappa shape index (κ2) is 3.49. The number of hydrogen-bond acceptors (Lipinski definition) is 3. The highest BCUT2D eigenvalue weighted by atomic mass is 16.5. The standard InChI is InChI=1S/C12H11N3O3/c1-6-10(11(16)17)15-9-4-3-7(18-2)5-8(9)14-12(15)13-6/h3-5H,1-2H3,(H,13,14)(H,16,17). The van der Waals surface area contributed by atoms with E-state index in [1.165, 1.54) is 0 Å². The second-order valence-corrected chi connectivity index (χ2v) is 4.03. The van der Waals surface area contributed by atoms with Gasteiger partial charge in [0, 0.05) is 11.8 Å². The van der Waals surface area contributed by atoms with Crippen molar-refractivity contribution in [2.75, 3.05) is 7.11 Å². The summed E-state index contributed by atoms with van der Waals surface area (Å²) in [4.78, 5) is 18.6. The average molecular weight is 245 g/mol. The van der Waals surface area contributed by atoms with E-state index in [2.05, 4.69) is 9.97 Å². The molecule has 0 aliphatic rings. The molecule has 0 unspecified atom stereocenters. The van der Waals surface area contributed by atoms with Crippen molar-refractivity contribution in [3.8, 4) is 5.75 Å². The Bertz CT molecular complexity index is 770. The van der Waals surface area contributed by atoms with Gasteiger partial charge >= 0.3 is 5.97 Å². The van der Waals surface area contributed by atoms with Crippen LogP contribution in [-0.4, -0.2) is 32.6 Å². The summed E-state index contributed by atoms with van der Waals surface area (Å²) in [5, 5.41) is 9.24. The number of imidazole rings is 2. The molecule has 0 saturated carbocycles. The normalized spacial score (nSPS) is 11.2. The molecule has 2 N–H and O–H groups in total. The van der Waals surface area contributed by atoms with Crippen LogP contribution in [0.15, 0.2) is 18.2 Å². The Morgan fingerprint density at radius 1 is 1.50 bits per heavy atom. The molecule has 3 aromatic rings. The molecular formula is C12H11N3O3. The zero-order chi connectivity index (χ0) is 12.9. The molecule has 3 rings (SSSR count). The lowest BCUT2D eigenvalue weighted by atomic mass is 10.3. The van der Waals surface area contributed by atoms with Gasteiger partial charge < -0.3 is 14.8 Å². The van der Waals surface area contributed by atoms with E-state index in [0.717, 1.165) is 5.52 Å². The highest BCUT2D eigenvalue weighted by Gasteiger charge is 2.18. The fraction of sp³-hybridized carbons (Fsp3) is 0.167. The number of rotatable bonds is 2. The smallest absolute Gasteiger partial charge is 0.354 e. The van der Waals surface area contributed by atoms with E-state index >= 15 is 0 Å². The van der Waals surface area contributed by atoms with E-state index < -0.39 is 5.97 Å². The molecule has 1 aromatic carbocycles. The third-order valence-electron chi connectivity index (χ3n) is 2.94. The Hall–Kier alpha value is -2.50. The first kappa shape index (κ1) is 10.6. The van der Waals surface area contributed by atoms with Gasteiger partial charge in [-0.25, -0.2) is 9.78 Å². The van der Waals surface area contributed by atoms with Crippen LogP contribution in [0, 0.1) is 6.92 Å². The molecule has 0 aliphatic carbocycles. The van der Waals surface area contributed by atoms with Gasteiger partial charge in [0.2, 0.25) is 5.78 Å². The van der Waals surface area contributed by atoms with Crippen LogP contribution >= 0.6 is 0 Å². The summed E-state index contributed by atoms with van der Waals surface area (Å²) in [5.41, 5.74) is 2.23. The molecule has 92 valence electrons. The van der Waals surface area contributed by atoms with Gasteiger partial charge in [0.05, 0.1) is 18.1 Å². The number of benzene rings is 1. The lowest BCUT2D eigenvalue weighted by Gasteiger charge is -1.99. The molecule has 6 heteroatoms. The third kappa shape index (κ3) is 1.29. The molecular weight excluding hydrogens is 234 g/mol. The van der Waals surface area contributed by atoms with Crippen LogP contribution in [0.5, 0.6) is 5.75 Å². The van der Waals surface area contributed by atoms with Crippen molar-refractivity contribution in [1.82, 2.24) is 14.4 Å². The number of aromatic amines is 1. The number of nitrogens with one attached hydrogen (secondary N) is 1. The Morgan fingerprint density at radius 2 is 2.28 bits per heavy atom. The Morgan fingerprint density at radius 3 is 2.94 bits per heavy atom. The lowest BCUT2D eigenvalue weighted by molar-refractivity contribution is 0.0689. The number of fused-ring (bicyclic) bond motifs is 3. The molecule has 6 nitrogen and oxygen atoms in total. The fourth-order valence-corrected chi connectivity index (χ4v) is 2.15. The number of carboxylic acids is 1. The van der Waals surface area contributed by atoms with Crippen LogP contribution in [0.25, 0.3) is 16.8 Å². The van der Waals surface area contributed by atoms with Gasteiger partial charge in [-0.1, -0.05) is 0 Å². The summed E-state index contributed by atoms with van der Waals surface area (Å²) in [6.07, 6.45) is 0. The van der Waals surface area contributed by atoms with Gasteiger partial charge in [-0.15, -0.1) is 0 Å². The first-order chi connectivity index (χ1) is 8.61. The minimum Gasteiger partial charge on any atom is -0.497 e. The van der Waals surface area contributed by atoms with Crippen molar-refractivity contribution in [2.45, 2.75) is 6.92 Å². The summed E-state index contributed by atoms with van der Waals surface area (Å²) >= 11 is 0. The Balaban J connectivity index is 2.43. The fourth-order valence-electron chi connectivity index (χ4n) is 2.15. The molecule has 2 heterocycles. The predicted octanol–water partition coefficient (Wildman–Crippen LogP) is 1.83. The summed E-state index contributed by atoms with van der Waals surface area (Å²) in [7, 11) is 1.58. The van der Waals surface area contributed by atoms with E-state index in [4.69, 9.17) is 4.74 Å². The van der Waals surface area contributed by atoms with Crippen LogP contribution in [-0.2, 0) is 0 Å². The largest absolute Gasteiger partial charge is 0.497 e. The monoisotopic (exact) mass is 245 g/mol. The maximum atomic E-state index is 11.3. The van der Waals surface area contributed by atoms with E-state index in [0.29, 0.717) is 22.7 Å². The van der Waals surface area contributed by atoms with Crippen LogP contribution in [0.3, 0.4) is 0 Å². The van der Waals surface area contributed by atoms with Gasteiger partial charge in [0.25, 0.3) is 0 Å². The molecule has 0 radical (unpaired) electrons. The molecule has 0 aliphatic heterocycles. The number of carbonyl (C=O) groups is 1. The molecule has 0 bridgehead atoms. The van der Waals surface area contributed by atoms with Gasteiger partial charge in [-0.3, -0.25) is 4.40 Å². The minimum absolute atomic E-state index is 0.206. The van der Waals surface area contributed by atoms with Crippen LogP contribution in [0.4, 0.5) is 0 Å². The van der Waals surface area contributed by atoms with E-state index in [1.807, 2.05) is 0 Å².